The minimum atomic E-state index is 0.198. The molecule has 8 heteroatoms. The lowest BCUT2D eigenvalue weighted by Crippen LogP contribution is -1.99. The summed E-state index contributed by atoms with van der Waals surface area (Å²) >= 11 is 9.97. The first-order chi connectivity index (χ1) is 16.0. The fourth-order valence-corrected chi connectivity index (χ4v) is 4.26. The molecule has 3 aromatic carbocycles. The zero-order valence-corrected chi connectivity index (χ0v) is 19.7. The van der Waals surface area contributed by atoms with Crippen molar-refractivity contribution in [2.75, 3.05) is 7.11 Å². The van der Waals surface area contributed by atoms with Crippen LogP contribution in [0.25, 0.3) is 22.7 Å². The largest absolute Gasteiger partial charge is 0.497 e. The van der Waals surface area contributed by atoms with Crippen LogP contribution in [-0.4, -0.2) is 17.1 Å². The van der Waals surface area contributed by atoms with E-state index < -0.39 is 0 Å². The normalized spacial score (nSPS) is 11.1. The molecule has 0 aliphatic heterocycles. The number of rotatable bonds is 6. The van der Waals surface area contributed by atoms with Crippen molar-refractivity contribution in [2.24, 2.45) is 0 Å². The van der Waals surface area contributed by atoms with E-state index >= 15 is 0 Å². The quantitative estimate of drug-likeness (QED) is 0.293. The van der Waals surface area contributed by atoms with E-state index in [-0.39, 0.29) is 6.61 Å². The molecule has 1 heterocycles. The van der Waals surface area contributed by atoms with Gasteiger partial charge in [0.15, 0.2) is 5.75 Å². The van der Waals surface area contributed by atoms with Crippen molar-refractivity contribution in [3.8, 4) is 23.6 Å². The molecule has 0 aliphatic carbocycles. The van der Waals surface area contributed by atoms with Gasteiger partial charge in [0.2, 0.25) is 0 Å². The molecule has 0 spiro atoms. The number of hydrogen-bond acceptors (Lipinski definition) is 5. The van der Waals surface area contributed by atoms with E-state index in [4.69, 9.17) is 21.1 Å². The Morgan fingerprint density at radius 1 is 1.18 bits per heavy atom. The summed E-state index contributed by atoms with van der Waals surface area (Å²) in [6, 6.07) is 20.5. The van der Waals surface area contributed by atoms with Crippen molar-refractivity contribution in [3.05, 3.63) is 86.6 Å². The first-order valence-electron chi connectivity index (χ1n) is 9.78. The SMILES string of the molecule is COc1ccc2nc(/C(C#N)=C\c3cc(Cl)c(OCc4ccccc4C#N)c(Br)c3)[nH]c2c1. The highest BCUT2D eigenvalue weighted by Gasteiger charge is 2.13. The number of aromatic nitrogens is 2. The van der Waals surface area contributed by atoms with Crippen LogP contribution in [0.2, 0.25) is 5.02 Å². The minimum Gasteiger partial charge on any atom is -0.497 e. The summed E-state index contributed by atoms with van der Waals surface area (Å²) in [6.45, 7) is 0.198. The fraction of sp³-hybridized carbons (Fsp3) is 0.0800. The number of methoxy groups -OCH3 is 1. The molecule has 0 aliphatic rings. The smallest absolute Gasteiger partial charge is 0.152 e. The fourth-order valence-electron chi connectivity index (χ4n) is 3.27. The molecule has 4 aromatic rings. The Labute approximate surface area is 203 Å². The number of ether oxygens (including phenoxy) is 2. The molecular weight excluding hydrogens is 504 g/mol. The summed E-state index contributed by atoms with van der Waals surface area (Å²) in [4.78, 5) is 7.65. The minimum absolute atomic E-state index is 0.198. The van der Waals surface area contributed by atoms with Gasteiger partial charge in [0.25, 0.3) is 0 Å². The van der Waals surface area contributed by atoms with Gasteiger partial charge in [0, 0.05) is 11.6 Å². The van der Waals surface area contributed by atoms with Gasteiger partial charge in [-0.25, -0.2) is 4.98 Å². The maximum Gasteiger partial charge on any atom is 0.152 e. The van der Waals surface area contributed by atoms with Crippen LogP contribution in [0.4, 0.5) is 0 Å². The Morgan fingerprint density at radius 2 is 2.00 bits per heavy atom. The second-order valence-electron chi connectivity index (χ2n) is 7.01. The van der Waals surface area contributed by atoms with Crippen LogP contribution in [0.3, 0.4) is 0 Å². The molecule has 0 saturated carbocycles. The third-order valence-electron chi connectivity index (χ3n) is 4.91. The number of nitriles is 2. The zero-order chi connectivity index (χ0) is 23.4. The molecule has 162 valence electrons. The number of hydrogen-bond donors (Lipinski definition) is 1. The maximum atomic E-state index is 9.72. The standard InChI is InChI=1S/C25H16BrClN4O2/c1-32-19-6-7-22-23(11-19)31-25(30-22)18(13-29)8-15-9-20(26)24(21(27)10-15)33-14-17-5-3-2-4-16(17)12-28/h2-11H,14H2,1H3,(H,30,31)/b18-8-. The lowest BCUT2D eigenvalue weighted by molar-refractivity contribution is 0.304. The van der Waals surface area contributed by atoms with E-state index in [1.54, 1.807) is 37.5 Å². The summed E-state index contributed by atoms with van der Waals surface area (Å²) in [6.07, 6.45) is 1.69. The first-order valence-corrected chi connectivity index (χ1v) is 10.9. The van der Waals surface area contributed by atoms with Crippen LogP contribution in [0.1, 0.15) is 22.5 Å². The predicted octanol–water partition coefficient (Wildman–Crippen LogP) is 6.50. The highest BCUT2D eigenvalue weighted by Crippen LogP contribution is 2.36. The molecule has 0 fully saturated rings. The highest BCUT2D eigenvalue weighted by molar-refractivity contribution is 9.10. The van der Waals surface area contributed by atoms with Gasteiger partial charge in [-0.2, -0.15) is 10.5 Å². The van der Waals surface area contributed by atoms with Crippen molar-refractivity contribution in [1.82, 2.24) is 9.97 Å². The number of imidazole rings is 1. The molecule has 6 nitrogen and oxygen atoms in total. The summed E-state index contributed by atoms with van der Waals surface area (Å²) in [5.74, 6) is 1.60. The number of nitrogens with zero attached hydrogens (tertiary/aromatic N) is 3. The Bertz CT molecular complexity index is 1440. The number of allylic oxidation sites excluding steroid dienone is 1. The molecule has 1 aromatic heterocycles. The molecule has 0 bridgehead atoms. The van der Waals surface area contributed by atoms with Gasteiger partial charge in [0.05, 0.1) is 44.8 Å². The summed E-state index contributed by atoms with van der Waals surface area (Å²) in [5.41, 5.74) is 3.86. The van der Waals surface area contributed by atoms with E-state index in [1.165, 1.54) is 0 Å². The summed E-state index contributed by atoms with van der Waals surface area (Å²) in [5, 5.41) is 19.3. The van der Waals surface area contributed by atoms with Gasteiger partial charge >= 0.3 is 0 Å². The van der Waals surface area contributed by atoms with Crippen molar-refractivity contribution >= 4 is 50.2 Å². The number of H-pyrrole nitrogens is 1. The number of benzene rings is 3. The molecule has 0 atom stereocenters. The second kappa shape index (κ2) is 9.79. The van der Waals surface area contributed by atoms with Crippen LogP contribution in [0.5, 0.6) is 11.5 Å². The zero-order valence-electron chi connectivity index (χ0n) is 17.4. The van der Waals surface area contributed by atoms with E-state index in [2.05, 4.69) is 38.0 Å². The highest BCUT2D eigenvalue weighted by atomic mass is 79.9. The monoisotopic (exact) mass is 518 g/mol. The van der Waals surface area contributed by atoms with E-state index in [1.807, 2.05) is 30.3 Å². The molecule has 0 saturated heterocycles. The lowest BCUT2D eigenvalue weighted by atomic mass is 10.1. The van der Waals surface area contributed by atoms with Gasteiger partial charge in [-0.15, -0.1) is 0 Å². The van der Waals surface area contributed by atoms with Crippen LogP contribution < -0.4 is 9.47 Å². The molecule has 0 radical (unpaired) electrons. The topological polar surface area (TPSA) is 94.7 Å². The molecule has 0 unspecified atom stereocenters. The second-order valence-corrected chi connectivity index (χ2v) is 8.27. The molecular formula is C25H16BrClN4O2. The van der Waals surface area contributed by atoms with Crippen LogP contribution in [-0.2, 0) is 6.61 Å². The predicted molar refractivity (Wildman–Crippen MR) is 131 cm³/mol. The number of halogens is 2. The summed E-state index contributed by atoms with van der Waals surface area (Å²) < 4.78 is 11.7. The third-order valence-corrected chi connectivity index (χ3v) is 5.78. The Balaban J connectivity index is 1.61. The van der Waals surface area contributed by atoms with Crippen molar-refractivity contribution in [3.63, 3.8) is 0 Å². The van der Waals surface area contributed by atoms with Crippen LogP contribution in [0.15, 0.2) is 59.1 Å². The van der Waals surface area contributed by atoms with E-state index in [0.717, 1.165) is 16.6 Å². The Hall–Kier alpha value is -3.78. The first kappa shape index (κ1) is 22.4. The Kier molecular flexibility index (Phi) is 6.65. The van der Waals surface area contributed by atoms with Crippen LogP contribution >= 0.6 is 27.5 Å². The average Bonchev–Trinajstić information content (AvgIpc) is 3.25. The summed E-state index contributed by atoms with van der Waals surface area (Å²) in [7, 11) is 1.59. The molecule has 1 N–H and O–H groups in total. The number of fused-ring (bicyclic) bond motifs is 1. The average molecular weight is 520 g/mol. The van der Waals surface area contributed by atoms with E-state index in [0.29, 0.717) is 43.5 Å². The lowest BCUT2D eigenvalue weighted by Gasteiger charge is -2.12. The van der Waals surface area contributed by atoms with Gasteiger partial charge in [-0.1, -0.05) is 29.8 Å². The van der Waals surface area contributed by atoms with Gasteiger partial charge in [0.1, 0.15) is 24.3 Å². The molecule has 4 rings (SSSR count). The maximum absolute atomic E-state index is 9.72. The molecule has 0 amide bonds. The van der Waals surface area contributed by atoms with Crippen LogP contribution in [0, 0.1) is 22.7 Å². The number of nitrogens with one attached hydrogen (secondary N) is 1. The Morgan fingerprint density at radius 3 is 2.73 bits per heavy atom. The number of aromatic amines is 1. The van der Waals surface area contributed by atoms with Gasteiger partial charge in [-0.3, -0.25) is 0 Å². The molecule has 33 heavy (non-hydrogen) atoms. The third kappa shape index (κ3) is 4.85. The van der Waals surface area contributed by atoms with Crippen molar-refractivity contribution in [2.45, 2.75) is 6.61 Å². The van der Waals surface area contributed by atoms with E-state index in [9.17, 15) is 10.5 Å². The van der Waals surface area contributed by atoms with Crippen molar-refractivity contribution in [1.29, 1.82) is 10.5 Å². The van der Waals surface area contributed by atoms with Crippen molar-refractivity contribution < 1.29 is 9.47 Å². The van der Waals surface area contributed by atoms with Gasteiger partial charge < -0.3 is 14.5 Å². The van der Waals surface area contributed by atoms with Gasteiger partial charge in [-0.05, 0) is 57.9 Å².